The van der Waals surface area contributed by atoms with Crippen molar-refractivity contribution in [1.82, 2.24) is 24.8 Å². The summed E-state index contributed by atoms with van der Waals surface area (Å²) in [6.07, 6.45) is 5.43. The molecule has 1 amide bonds. The Morgan fingerprint density at radius 1 is 1.16 bits per heavy atom. The van der Waals surface area contributed by atoms with Crippen molar-refractivity contribution in [3.63, 3.8) is 0 Å². The van der Waals surface area contributed by atoms with E-state index in [9.17, 15) is 14.7 Å². The number of aryl methyl sites for hydroxylation is 2. The molecule has 1 N–H and O–H groups in total. The van der Waals surface area contributed by atoms with Crippen molar-refractivity contribution in [3.05, 3.63) is 58.9 Å². The number of ether oxygens (including phenoxy) is 1. The number of Topliss-reactive ketones (excluding diaryl/α,β-unsaturated/α-hetero) is 1. The number of rotatable bonds is 6. The van der Waals surface area contributed by atoms with Crippen molar-refractivity contribution in [3.8, 4) is 0 Å². The van der Waals surface area contributed by atoms with Crippen molar-refractivity contribution in [1.29, 1.82) is 0 Å². The zero-order chi connectivity index (χ0) is 22.7. The van der Waals surface area contributed by atoms with Gasteiger partial charge in [-0.1, -0.05) is 0 Å². The number of carbonyl (C=O) groups is 2. The molecular weight excluding hydrogens is 410 g/mol. The molecule has 9 nitrogen and oxygen atoms in total. The van der Waals surface area contributed by atoms with Crippen LogP contribution >= 0.6 is 0 Å². The molecule has 0 aliphatic carbocycles. The van der Waals surface area contributed by atoms with Crippen molar-refractivity contribution in [2.75, 3.05) is 39.4 Å². The fourth-order valence-corrected chi connectivity index (χ4v) is 4.25. The van der Waals surface area contributed by atoms with Gasteiger partial charge in [0.25, 0.3) is 11.7 Å². The Morgan fingerprint density at radius 2 is 1.88 bits per heavy atom. The number of hydrogen-bond donors (Lipinski definition) is 1. The van der Waals surface area contributed by atoms with Crippen LogP contribution in [0.2, 0.25) is 0 Å². The predicted molar refractivity (Wildman–Crippen MR) is 117 cm³/mol. The van der Waals surface area contributed by atoms with E-state index < -0.39 is 17.7 Å². The molecule has 168 valence electrons. The van der Waals surface area contributed by atoms with Crippen molar-refractivity contribution in [2.45, 2.75) is 26.3 Å². The Balaban J connectivity index is 1.67. The summed E-state index contributed by atoms with van der Waals surface area (Å²) in [6, 6.07) is 2.83. The number of amides is 1. The summed E-state index contributed by atoms with van der Waals surface area (Å²) in [5.41, 5.74) is 1.67. The minimum atomic E-state index is -0.698. The van der Waals surface area contributed by atoms with Gasteiger partial charge in [-0.15, -0.1) is 0 Å². The molecule has 0 aromatic carbocycles. The van der Waals surface area contributed by atoms with Crippen LogP contribution in [-0.2, 0) is 14.3 Å². The Hall–Kier alpha value is -3.17. The lowest BCUT2D eigenvalue weighted by Gasteiger charge is -2.29. The SMILES string of the molecule is Cc1ncc(/C(O)=C2\C(=O)C(=O)N(CCCN3CCOCC3)C2c2ccncc2)c(C)n1. The van der Waals surface area contributed by atoms with Gasteiger partial charge in [-0.2, -0.15) is 0 Å². The first-order valence-corrected chi connectivity index (χ1v) is 10.8. The van der Waals surface area contributed by atoms with Crippen LogP contribution in [0.5, 0.6) is 0 Å². The summed E-state index contributed by atoms with van der Waals surface area (Å²) in [5, 5.41) is 11.1. The Labute approximate surface area is 186 Å². The van der Waals surface area contributed by atoms with E-state index in [-0.39, 0.29) is 11.3 Å². The largest absolute Gasteiger partial charge is 0.507 e. The number of carbonyl (C=O) groups excluding carboxylic acids is 2. The smallest absolute Gasteiger partial charge is 0.295 e. The van der Waals surface area contributed by atoms with Crippen molar-refractivity contribution >= 4 is 17.4 Å². The van der Waals surface area contributed by atoms with Crippen molar-refractivity contribution < 1.29 is 19.4 Å². The van der Waals surface area contributed by atoms with Gasteiger partial charge in [0.05, 0.1) is 36.1 Å². The summed E-state index contributed by atoms with van der Waals surface area (Å²) in [6.45, 7) is 7.83. The monoisotopic (exact) mass is 437 g/mol. The molecule has 2 saturated heterocycles. The average Bonchev–Trinajstić information content (AvgIpc) is 3.05. The molecule has 2 aromatic rings. The maximum Gasteiger partial charge on any atom is 0.295 e. The van der Waals surface area contributed by atoms with E-state index >= 15 is 0 Å². The summed E-state index contributed by atoms with van der Waals surface area (Å²) < 4.78 is 5.38. The highest BCUT2D eigenvalue weighted by molar-refractivity contribution is 6.46. The molecule has 2 fully saturated rings. The first-order chi connectivity index (χ1) is 15.5. The minimum Gasteiger partial charge on any atom is -0.507 e. The number of pyridine rings is 1. The molecule has 2 aliphatic heterocycles. The summed E-state index contributed by atoms with van der Waals surface area (Å²) in [5.74, 6) is -0.997. The molecule has 0 spiro atoms. The zero-order valence-corrected chi connectivity index (χ0v) is 18.3. The normalized spacial score (nSPS) is 21.3. The number of aromatic nitrogens is 3. The van der Waals surface area contributed by atoms with Crippen LogP contribution in [0.25, 0.3) is 5.76 Å². The van der Waals surface area contributed by atoms with Gasteiger partial charge in [-0.25, -0.2) is 9.97 Å². The van der Waals surface area contributed by atoms with Gasteiger partial charge in [0.1, 0.15) is 11.6 Å². The second kappa shape index (κ2) is 9.54. The quantitative estimate of drug-likeness (QED) is 0.413. The molecule has 0 saturated carbocycles. The molecule has 4 heterocycles. The summed E-state index contributed by atoms with van der Waals surface area (Å²) in [4.78, 5) is 42.4. The van der Waals surface area contributed by atoms with Gasteiger partial charge in [-0.05, 0) is 38.0 Å². The van der Waals surface area contributed by atoms with Crippen LogP contribution in [0, 0.1) is 13.8 Å². The molecule has 0 bridgehead atoms. The maximum atomic E-state index is 13.1. The number of hydrogen-bond acceptors (Lipinski definition) is 8. The molecule has 0 radical (unpaired) electrons. The van der Waals surface area contributed by atoms with Crippen LogP contribution < -0.4 is 0 Å². The Kier molecular flexibility index (Phi) is 6.57. The van der Waals surface area contributed by atoms with E-state index in [0.29, 0.717) is 43.3 Å². The molecule has 2 aromatic heterocycles. The van der Waals surface area contributed by atoms with Gasteiger partial charge in [0.15, 0.2) is 0 Å². The number of morpholine rings is 1. The number of aliphatic hydroxyl groups is 1. The molecule has 9 heteroatoms. The number of aliphatic hydroxyl groups excluding tert-OH is 1. The van der Waals surface area contributed by atoms with E-state index in [1.807, 2.05) is 0 Å². The van der Waals surface area contributed by atoms with Gasteiger partial charge < -0.3 is 14.7 Å². The third kappa shape index (κ3) is 4.39. The average molecular weight is 438 g/mol. The van der Waals surface area contributed by atoms with Crippen LogP contribution in [0.15, 0.2) is 36.3 Å². The Bertz CT molecular complexity index is 1030. The van der Waals surface area contributed by atoms with E-state index in [4.69, 9.17) is 4.74 Å². The first kappa shape index (κ1) is 22.0. The topological polar surface area (TPSA) is 109 Å². The summed E-state index contributed by atoms with van der Waals surface area (Å²) >= 11 is 0. The zero-order valence-electron chi connectivity index (χ0n) is 18.3. The highest BCUT2D eigenvalue weighted by Gasteiger charge is 2.46. The van der Waals surface area contributed by atoms with Crippen LogP contribution in [0.1, 0.15) is 35.1 Å². The fraction of sp³-hybridized carbons (Fsp3) is 0.435. The highest BCUT2D eigenvalue weighted by atomic mass is 16.5. The molecule has 1 atom stereocenters. The Morgan fingerprint density at radius 3 is 2.56 bits per heavy atom. The lowest BCUT2D eigenvalue weighted by atomic mass is 9.96. The minimum absolute atomic E-state index is 0.0584. The van der Waals surface area contributed by atoms with Gasteiger partial charge >= 0.3 is 0 Å². The molecular formula is C23H27N5O4. The highest BCUT2D eigenvalue weighted by Crippen LogP contribution is 2.39. The first-order valence-electron chi connectivity index (χ1n) is 10.8. The standard InChI is InChI=1S/C23H27N5O4/c1-15-18(14-25-16(2)26-15)21(29)19-20(17-4-6-24-7-5-17)28(23(31)22(19)30)9-3-8-27-10-12-32-13-11-27/h4-7,14,20,29H,3,8-13H2,1-2H3/b21-19+. The maximum absolute atomic E-state index is 13.1. The second-order valence-electron chi connectivity index (χ2n) is 8.00. The molecule has 4 rings (SSSR count). The van der Waals surface area contributed by atoms with Gasteiger partial charge in [-0.3, -0.25) is 19.5 Å². The molecule has 2 aliphatic rings. The third-order valence-corrected chi connectivity index (χ3v) is 5.89. The van der Waals surface area contributed by atoms with E-state index in [0.717, 1.165) is 25.2 Å². The van der Waals surface area contributed by atoms with Crippen LogP contribution in [-0.4, -0.2) is 80.9 Å². The fourth-order valence-electron chi connectivity index (χ4n) is 4.25. The van der Waals surface area contributed by atoms with E-state index in [2.05, 4.69) is 19.9 Å². The van der Waals surface area contributed by atoms with Crippen LogP contribution in [0.4, 0.5) is 0 Å². The van der Waals surface area contributed by atoms with E-state index in [1.54, 1.807) is 43.3 Å². The van der Waals surface area contributed by atoms with Gasteiger partial charge in [0, 0.05) is 44.8 Å². The second-order valence-corrected chi connectivity index (χ2v) is 8.00. The molecule has 1 unspecified atom stereocenters. The third-order valence-electron chi connectivity index (χ3n) is 5.89. The number of nitrogens with zero attached hydrogens (tertiary/aromatic N) is 5. The predicted octanol–water partition coefficient (Wildman–Crippen LogP) is 1.63. The van der Waals surface area contributed by atoms with E-state index in [1.165, 1.54) is 6.20 Å². The lowest BCUT2D eigenvalue weighted by molar-refractivity contribution is -0.140. The number of likely N-dealkylation sites (tertiary alicyclic amines) is 1. The molecule has 32 heavy (non-hydrogen) atoms. The number of ketones is 1. The van der Waals surface area contributed by atoms with Crippen LogP contribution in [0.3, 0.4) is 0 Å². The summed E-state index contributed by atoms with van der Waals surface area (Å²) in [7, 11) is 0. The van der Waals surface area contributed by atoms with Gasteiger partial charge in [0.2, 0.25) is 0 Å². The lowest BCUT2D eigenvalue weighted by Crippen LogP contribution is -2.38. The van der Waals surface area contributed by atoms with Crippen molar-refractivity contribution in [2.24, 2.45) is 0 Å².